The lowest BCUT2D eigenvalue weighted by Gasteiger charge is -2.35. The van der Waals surface area contributed by atoms with E-state index < -0.39 is 6.10 Å². The van der Waals surface area contributed by atoms with Crippen molar-refractivity contribution in [3.05, 3.63) is 29.7 Å². The van der Waals surface area contributed by atoms with Crippen LogP contribution in [-0.4, -0.2) is 63.3 Å². The van der Waals surface area contributed by atoms with Gasteiger partial charge in [0.25, 0.3) is 5.91 Å². The lowest BCUT2D eigenvalue weighted by molar-refractivity contribution is -0.141. The summed E-state index contributed by atoms with van der Waals surface area (Å²) in [6, 6.07) is 3.87. The Morgan fingerprint density at radius 3 is 2.74 bits per heavy atom. The monoisotopic (exact) mass is 318 g/mol. The molecule has 0 aliphatic carbocycles. The summed E-state index contributed by atoms with van der Waals surface area (Å²) >= 11 is 0. The molecule has 1 atom stereocenters. The molecule has 0 bridgehead atoms. The summed E-state index contributed by atoms with van der Waals surface area (Å²) in [4.78, 5) is 15.8. The second-order valence-electron chi connectivity index (χ2n) is 5.96. The number of aromatic nitrogens is 2. The van der Waals surface area contributed by atoms with Crippen LogP contribution in [0.25, 0.3) is 11.5 Å². The van der Waals surface area contributed by atoms with E-state index in [0.29, 0.717) is 13.1 Å². The second-order valence-corrected chi connectivity index (χ2v) is 5.96. The van der Waals surface area contributed by atoms with Gasteiger partial charge in [0.2, 0.25) is 0 Å². The first-order valence-corrected chi connectivity index (χ1v) is 7.83. The Labute approximate surface area is 134 Å². The van der Waals surface area contributed by atoms with Crippen LogP contribution in [0.15, 0.2) is 22.7 Å². The summed E-state index contributed by atoms with van der Waals surface area (Å²) in [6.07, 6.45) is 0.893. The molecule has 3 heterocycles. The van der Waals surface area contributed by atoms with E-state index in [1.54, 1.807) is 4.90 Å². The van der Waals surface area contributed by atoms with Gasteiger partial charge in [0.05, 0.1) is 6.20 Å². The number of hydrogen-bond acceptors (Lipinski definition) is 5. The number of aromatic amines is 1. The van der Waals surface area contributed by atoms with Gasteiger partial charge in [-0.15, -0.1) is 0 Å². The van der Waals surface area contributed by atoms with Crippen LogP contribution in [0.5, 0.6) is 0 Å². The van der Waals surface area contributed by atoms with Gasteiger partial charge in [-0.1, -0.05) is 0 Å². The number of aryl methyl sites for hydroxylation is 1. The maximum absolute atomic E-state index is 11.8. The average Bonchev–Trinajstić information content (AvgIpc) is 3.16. The van der Waals surface area contributed by atoms with Crippen LogP contribution in [0, 0.1) is 6.92 Å². The first-order valence-electron chi connectivity index (χ1n) is 7.83. The molecule has 1 amide bonds. The van der Waals surface area contributed by atoms with E-state index in [0.717, 1.165) is 42.4 Å². The predicted molar refractivity (Wildman–Crippen MR) is 84.6 cm³/mol. The fourth-order valence-electron chi connectivity index (χ4n) is 2.84. The van der Waals surface area contributed by atoms with Gasteiger partial charge in [0, 0.05) is 38.3 Å². The third kappa shape index (κ3) is 3.46. The van der Waals surface area contributed by atoms with Crippen molar-refractivity contribution >= 4 is 5.91 Å². The summed E-state index contributed by atoms with van der Waals surface area (Å²) in [7, 11) is 0. The van der Waals surface area contributed by atoms with E-state index in [-0.39, 0.29) is 5.91 Å². The third-order valence-electron chi connectivity index (χ3n) is 4.14. The van der Waals surface area contributed by atoms with Crippen molar-refractivity contribution < 1.29 is 14.3 Å². The fraction of sp³-hybridized carbons (Fsp3) is 0.500. The number of carbonyl (C=O) groups excluding carboxylic acids is 1. The van der Waals surface area contributed by atoms with Crippen LogP contribution in [0.1, 0.15) is 18.2 Å². The van der Waals surface area contributed by atoms with E-state index in [2.05, 4.69) is 15.1 Å². The molecule has 1 saturated heterocycles. The molecular weight excluding hydrogens is 296 g/mol. The quantitative estimate of drug-likeness (QED) is 0.878. The molecular formula is C16H22N4O3. The number of nitrogens with one attached hydrogen (secondary N) is 1. The smallest absolute Gasteiger partial charge is 0.251 e. The number of piperazine rings is 1. The number of nitrogens with zero attached hydrogens (tertiary/aromatic N) is 3. The Hall–Kier alpha value is -2.12. The Kier molecular flexibility index (Phi) is 4.49. The molecule has 7 heteroatoms. The van der Waals surface area contributed by atoms with Gasteiger partial charge in [-0.2, -0.15) is 5.10 Å². The maximum Gasteiger partial charge on any atom is 0.251 e. The molecule has 2 aromatic rings. The van der Waals surface area contributed by atoms with Gasteiger partial charge in [0.1, 0.15) is 17.6 Å². The zero-order valence-electron chi connectivity index (χ0n) is 13.5. The lowest BCUT2D eigenvalue weighted by atomic mass is 10.2. The first kappa shape index (κ1) is 15.8. The minimum Gasteiger partial charge on any atom is -0.460 e. The molecule has 2 aromatic heterocycles. The van der Waals surface area contributed by atoms with Gasteiger partial charge >= 0.3 is 0 Å². The van der Waals surface area contributed by atoms with Crippen LogP contribution in [0.3, 0.4) is 0 Å². The molecule has 124 valence electrons. The number of furan rings is 1. The highest BCUT2D eigenvalue weighted by atomic mass is 16.3. The molecule has 1 fully saturated rings. The topological polar surface area (TPSA) is 85.6 Å². The van der Waals surface area contributed by atoms with Crippen LogP contribution in [0.4, 0.5) is 0 Å². The Balaban J connectivity index is 1.62. The molecule has 1 aliphatic rings. The molecule has 0 spiro atoms. The molecule has 0 radical (unpaired) electrons. The minimum absolute atomic E-state index is 0.195. The summed E-state index contributed by atoms with van der Waals surface area (Å²) in [5.74, 6) is 1.46. The fourth-order valence-corrected chi connectivity index (χ4v) is 2.84. The molecule has 23 heavy (non-hydrogen) atoms. The summed E-state index contributed by atoms with van der Waals surface area (Å²) in [6.45, 7) is 7.01. The Morgan fingerprint density at radius 1 is 1.39 bits per heavy atom. The second kappa shape index (κ2) is 6.55. The number of carbonyl (C=O) groups is 1. The van der Waals surface area contributed by atoms with E-state index in [4.69, 9.17) is 4.42 Å². The Bertz CT molecular complexity index is 668. The van der Waals surface area contributed by atoms with Gasteiger partial charge in [-0.3, -0.25) is 14.8 Å². The normalized spacial score (nSPS) is 17.4. The molecule has 1 aliphatic heterocycles. The molecule has 7 nitrogen and oxygen atoms in total. The summed E-state index contributed by atoms with van der Waals surface area (Å²) < 4.78 is 5.66. The zero-order valence-corrected chi connectivity index (χ0v) is 13.5. The van der Waals surface area contributed by atoms with Crippen LogP contribution < -0.4 is 0 Å². The van der Waals surface area contributed by atoms with E-state index >= 15 is 0 Å². The number of rotatable bonds is 4. The van der Waals surface area contributed by atoms with Crippen molar-refractivity contribution in [3.8, 4) is 11.5 Å². The van der Waals surface area contributed by atoms with Crippen LogP contribution >= 0.6 is 0 Å². The van der Waals surface area contributed by atoms with Crippen molar-refractivity contribution in [2.45, 2.75) is 26.5 Å². The van der Waals surface area contributed by atoms with Crippen molar-refractivity contribution in [2.24, 2.45) is 0 Å². The third-order valence-corrected chi connectivity index (χ3v) is 4.14. The summed E-state index contributed by atoms with van der Waals surface area (Å²) in [5, 5.41) is 16.5. The minimum atomic E-state index is -0.927. The van der Waals surface area contributed by atoms with E-state index in [1.807, 2.05) is 25.3 Å². The molecule has 2 N–H and O–H groups in total. The number of aliphatic hydroxyl groups is 1. The maximum atomic E-state index is 11.8. The van der Waals surface area contributed by atoms with Crippen molar-refractivity contribution in [1.29, 1.82) is 0 Å². The van der Waals surface area contributed by atoms with Crippen LogP contribution in [0.2, 0.25) is 0 Å². The number of aliphatic hydroxyl groups excluding tert-OH is 1. The largest absolute Gasteiger partial charge is 0.460 e. The standard InChI is InChI=1S/C16H22N4O3/c1-11-3-4-14(23-11)15-13(9-17-18-15)10-19-5-7-20(8-6-19)16(22)12(2)21/h3-4,9,12,21H,5-8,10H2,1-2H3,(H,17,18). The highest BCUT2D eigenvalue weighted by molar-refractivity contribution is 5.80. The zero-order chi connectivity index (χ0) is 16.4. The predicted octanol–water partition coefficient (Wildman–Crippen LogP) is 1.00. The van der Waals surface area contributed by atoms with Gasteiger partial charge in [-0.25, -0.2) is 0 Å². The lowest BCUT2D eigenvalue weighted by Crippen LogP contribution is -2.50. The molecule has 0 saturated carbocycles. The first-order chi connectivity index (χ1) is 11.0. The number of H-pyrrole nitrogens is 1. The van der Waals surface area contributed by atoms with Gasteiger partial charge < -0.3 is 14.4 Å². The number of amides is 1. The van der Waals surface area contributed by atoms with E-state index in [9.17, 15) is 9.90 Å². The van der Waals surface area contributed by atoms with Gasteiger partial charge in [-0.05, 0) is 26.0 Å². The van der Waals surface area contributed by atoms with Crippen LogP contribution in [-0.2, 0) is 11.3 Å². The van der Waals surface area contributed by atoms with Crippen molar-refractivity contribution in [3.63, 3.8) is 0 Å². The Morgan fingerprint density at radius 2 is 2.13 bits per heavy atom. The number of hydrogen-bond donors (Lipinski definition) is 2. The highest BCUT2D eigenvalue weighted by Crippen LogP contribution is 2.24. The van der Waals surface area contributed by atoms with Crippen molar-refractivity contribution in [2.75, 3.05) is 26.2 Å². The van der Waals surface area contributed by atoms with Crippen molar-refractivity contribution in [1.82, 2.24) is 20.0 Å². The molecule has 3 rings (SSSR count). The molecule has 0 aromatic carbocycles. The SMILES string of the molecule is Cc1ccc(-c2[nH]ncc2CN2CCN(C(=O)C(C)O)CC2)o1. The molecule has 1 unspecified atom stereocenters. The highest BCUT2D eigenvalue weighted by Gasteiger charge is 2.24. The van der Waals surface area contributed by atoms with Gasteiger partial charge in [0.15, 0.2) is 5.76 Å². The van der Waals surface area contributed by atoms with E-state index in [1.165, 1.54) is 6.92 Å². The average molecular weight is 318 g/mol. The summed E-state index contributed by atoms with van der Waals surface area (Å²) in [5.41, 5.74) is 1.98.